The Balaban J connectivity index is 1.49. The van der Waals surface area contributed by atoms with Crippen molar-refractivity contribution < 1.29 is 4.79 Å². The molecule has 1 aromatic carbocycles. The van der Waals surface area contributed by atoms with Crippen LogP contribution in [0.25, 0.3) is 0 Å². The third-order valence-electron chi connectivity index (χ3n) is 3.79. The molecule has 5 nitrogen and oxygen atoms in total. The van der Waals surface area contributed by atoms with Crippen LogP contribution in [0.3, 0.4) is 0 Å². The second-order valence-corrected chi connectivity index (χ2v) is 7.53. The number of piperidine rings is 1. The van der Waals surface area contributed by atoms with Gasteiger partial charge in [-0.25, -0.2) is 0 Å². The number of halogens is 1. The Bertz CT molecular complexity index is 672. The third-order valence-corrected chi connectivity index (χ3v) is 5.23. The molecule has 0 bridgehead atoms. The summed E-state index contributed by atoms with van der Waals surface area (Å²) in [7, 11) is 0. The van der Waals surface area contributed by atoms with E-state index in [-0.39, 0.29) is 5.91 Å². The number of aromatic nitrogens is 2. The highest BCUT2D eigenvalue weighted by atomic mass is 79.9. The number of amides is 1. The van der Waals surface area contributed by atoms with Crippen LogP contribution in [0.15, 0.2) is 45.9 Å². The molecule has 1 saturated heterocycles. The van der Waals surface area contributed by atoms with E-state index >= 15 is 0 Å². The molecular formula is C17H19BrN4OS. The van der Waals surface area contributed by atoms with E-state index in [1.165, 1.54) is 31.0 Å². The van der Waals surface area contributed by atoms with E-state index in [4.69, 9.17) is 0 Å². The van der Waals surface area contributed by atoms with Crippen LogP contribution < -0.4 is 10.2 Å². The number of nitrogens with one attached hydrogen (secondary N) is 1. The van der Waals surface area contributed by atoms with Crippen LogP contribution in [-0.2, 0) is 4.79 Å². The molecule has 24 heavy (non-hydrogen) atoms. The summed E-state index contributed by atoms with van der Waals surface area (Å²) in [5.41, 5.74) is 0.787. The Morgan fingerprint density at radius 1 is 1.08 bits per heavy atom. The zero-order valence-corrected chi connectivity index (χ0v) is 15.6. The van der Waals surface area contributed by atoms with Crippen LogP contribution in [0.2, 0.25) is 0 Å². The van der Waals surface area contributed by atoms with Gasteiger partial charge in [-0.3, -0.25) is 4.79 Å². The van der Waals surface area contributed by atoms with Gasteiger partial charge in [-0.15, -0.1) is 10.2 Å². The van der Waals surface area contributed by atoms with Gasteiger partial charge in [0.05, 0.1) is 5.75 Å². The number of carbonyl (C=O) groups is 1. The maximum Gasteiger partial charge on any atom is 0.234 e. The molecule has 0 atom stereocenters. The zero-order valence-electron chi connectivity index (χ0n) is 13.2. The lowest BCUT2D eigenvalue weighted by atomic mass is 10.1. The molecule has 0 spiro atoms. The Hall–Kier alpha value is -1.60. The van der Waals surface area contributed by atoms with E-state index in [0.717, 1.165) is 34.1 Å². The van der Waals surface area contributed by atoms with E-state index in [9.17, 15) is 4.79 Å². The number of nitrogens with zero attached hydrogens (tertiary/aromatic N) is 3. The molecule has 2 aromatic rings. The van der Waals surface area contributed by atoms with Crippen molar-refractivity contribution in [3.8, 4) is 0 Å². The Kier molecular flexibility index (Phi) is 6.09. The highest BCUT2D eigenvalue weighted by molar-refractivity contribution is 9.10. The van der Waals surface area contributed by atoms with Crippen molar-refractivity contribution in [1.29, 1.82) is 0 Å². The van der Waals surface area contributed by atoms with Crippen molar-refractivity contribution in [2.45, 2.75) is 24.3 Å². The number of thioether (sulfide) groups is 1. The molecule has 1 amide bonds. The predicted molar refractivity (Wildman–Crippen MR) is 102 cm³/mol. The molecule has 1 aliphatic rings. The zero-order chi connectivity index (χ0) is 16.8. The normalized spacial score (nSPS) is 14.5. The number of rotatable bonds is 5. The molecule has 1 fully saturated rings. The van der Waals surface area contributed by atoms with Gasteiger partial charge in [0.1, 0.15) is 5.03 Å². The van der Waals surface area contributed by atoms with E-state index in [1.54, 1.807) is 0 Å². The number of carbonyl (C=O) groups excluding carboxylic acids is 1. The first-order valence-corrected chi connectivity index (χ1v) is 9.75. The van der Waals surface area contributed by atoms with Crippen LogP contribution in [-0.4, -0.2) is 34.9 Å². The van der Waals surface area contributed by atoms with E-state index in [0.29, 0.717) is 5.75 Å². The van der Waals surface area contributed by atoms with Gasteiger partial charge in [0.25, 0.3) is 0 Å². The molecule has 0 aliphatic carbocycles. The minimum absolute atomic E-state index is 0.0516. The number of anilines is 2. The summed E-state index contributed by atoms with van der Waals surface area (Å²) in [6.45, 7) is 2.10. The van der Waals surface area contributed by atoms with Crippen molar-refractivity contribution in [3.05, 3.63) is 40.9 Å². The summed E-state index contributed by atoms with van der Waals surface area (Å²) < 4.78 is 0.985. The van der Waals surface area contributed by atoms with Crippen LogP contribution in [0.4, 0.5) is 11.5 Å². The van der Waals surface area contributed by atoms with Gasteiger partial charge in [-0.1, -0.05) is 27.7 Å². The molecule has 2 heterocycles. The van der Waals surface area contributed by atoms with Gasteiger partial charge in [0, 0.05) is 23.2 Å². The lowest BCUT2D eigenvalue weighted by Crippen LogP contribution is -2.30. The van der Waals surface area contributed by atoms with Crippen LogP contribution in [0.5, 0.6) is 0 Å². The summed E-state index contributed by atoms with van der Waals surface area (Å²) in [6, 6.07) is 11.4. The average molecular weight is 407 g/mol. The van der Waals surface area contributed by atoms with Gasteiger partial charge in [-0.05, 0) is 55.7 Å². The Labute approximate surface area is 154 Å². The number of benzene rings is 1. The lowest BCUT2D eigenvalue weighted by Gasteiger charge is -2.27. The molecule has 0 unspecified atom stereocenters. The second kappa shape index (κ2) is 8.48. The molecule has 1 N–H and O–H groups in total. The van der Waals surface area contributed by atoms with E-state index in [2.05, 4.69) is 36.3 Å². The molecule has 1 aromatic heterocycles. The fourth-order valence-corrected chi connectivity index (χ4v) is 3.43. The van der Waals surface area contributed by atoms with Gasteiger partial charge in [-0.2, -0.15) is 0 Å². The van der Waals surface area contributed by atoms with Crippen molar-refractivity contribution >= 4 is 45.1 Å². The fraction of sp³-hybridized carbons (Fsp3) is 0.353. The summed E-state index contributed by atoms with van der Waals surface area (Å²) in [5.74, 6) is 1.19. The van der Waals surface area contributed by atoms with Gasteiger partial charge in [0.15, 0.2) is 5.82 Å². The second-order valence-electron chi connectivity index (χ2n) is 5.62. The fourth-order valence-electron chi connectivity index (χ4n) is 2.55. The topological polar surface area (TPSA) is 58.1 Å². The van der Waals surface area contributed by atoms with E-state index in [1.807, 2.05) is 36.4 Å². The quantitative estimate of drug-likeness (QED) is 0.761. The average Bonchev–Trinajstić information content (AvgIpc) is 2.63. The maximum absolute atomic E-state index is 12.0. The van der Waals surface area contributed by atoms with Crippen LogP contribution in [0.1, 0.15) is 19.3 Å². The van der Waals surface area contributed by atoms with Crippen LogP contribution >= 0.6 is 27.7 Å². The number of hydrogen-bond acceptors (Lipinski definition) is 5. The number of hydrogen-bond donors (Lipinski definition) is 1. The first-order valence-electron chi connectivity index (χ1n) is 7.97. The van der Waals surface area contributed by atoms with Crippen LogP contribution in [0, 0.1) is 0 Å². The first-order chi connectivity index (χ1) is 11.7. The van der Waals surface area contributed by atoms with Gasteiger partial charge in [0.2, 0.25) is 5.91 Å². The molecule has 3 rings (SSSR count). The third kappa shape index (κ3) is 4.95. The highest BCUT2D eigenvalue weighted by Gasteiger charge is 2.12. The highest BCUT2D eigenvalue weighted by Crippen LogP contribution is 2.20. The molecule has 0 radical (unpaired) electrons. The van der Waals surface area contributed by atoms with Crippen molar-refractivity contribution in [3.63, 3.8) is 0 Å². The van der Waals surface area contributed by atoms with E-state index < -0.39 is 0 Å². The Morgan fingerprint density at radius 2 is 1.83 bits per heavy atom. The molecular weight excluding hydrogens is 388 g/mol. The van der Waals surface area contributed by atoms with Gasteiger partial charge >= 0.3 is 0 Å². The van der Waals surface area contributed by atoms with Crippen molar-refractivity contribution in [1.82, 2.24) is 10.2 Å². The standard InChI is InChI=1S/C17H19BrN4OS/c18-13-4-6-14(7-5-13)19-16(23)12-24-17-9-8-15(20-21-17)22-10-2-1-3-11-22/h4-9H,1-3,10-12H2,(H,19,23). The lowest BCUT2D eigenvalue weighted by molar-refractivity contribution is -0.113. The summed E-state index contributed by atoms with van der Waals surface area (Å²) in [4.78, 5) is 14.3. The largest absolute Gasteiger partial charge is 0.355 e. The monoisotopic (exact) mass is 406 g/mol. The predicted octanol–water partition coefficient (Wildman–Crippen LogP) is 3.96. The van der Waals surface area contributed by atoms with Gasteiger partial charge < -0.3 is 10.2 Å². The summed E-state index contributed by atoms with van der Waals surface area (Å²) in [5, 5.41) is 12.2. The molecule has 7 heteroatoms. The van der Waals surface area contributed by atoms with Crippen molar-refractivity contribution in [2.24, 2.45) is 0 Å². The Morgan fingerprint density at radius 3 is 2.50 bits per heavy atom. The minimum atomic E-state index is -0.0516. The molecule has 0 saturated carbocycles. The SMILES string of the molecule is O=C(CSc1ccc(N2CCCCC2)nn1)Nc1ccc(Br)cc1. The molecule has 126 valence electrons. The smallest absolute Gasteiger partial charge is 0.234 e. The maximum atomic E-state index is 12.0. The van der Waals surface area contributed by atoms with Crippen molar-refractivity contribution in [2.75, 3.05) is 29.1 Å². The minimum Gasteiger partial charge on any atom is -0.355 e. The molecule has 1 aliphatic heterocycles. The summed E-state index contributed by atoms with van der Waals surface area (Å²) in [6.07, 6.45) is 3.73. The summed E-state index contributed by atoms with van der Waals surface area (Å²) >= 11 is 4.76. The first kappa shape index (κ1) is 17.2.